The number of nitrogens with one attached hydrogen (secondary N) is 1. The Hall–Kier alpha value is -0.750. The van der Waals surface area contributed by atoms with E-state index in [4.69, 9.17) is 4.74 Å². The lowest BCUT2D eigenvalue weighted by Crippen LogP contribution is -2.15. The summed E-state index contributed by atoms with van der Waals surface area (Å²) < 4.78 is 9.22. The molecule has 1 heterocycles. The van der Waals surface area contributed by atoms with Gasteiger partial charge in [0.15, 0.2) is 0 Å². The van der Waals surface area contributed by atoms with Gasteiger partial charge in [0.1, 0.15) is 10.6 Å². The standard InChI is InChI=1S/C11H18N2O2S2/c1-5-15-11(14)9-8(3)13-17-10(9)12-6-7(2)16-4/h7,12H,5-6H2,1-4H3. The van der Waals surface area contributed by atoms with Gasteiger partial charge in [0, 0.05) is 11.8 Å². The fourth-order valence-corrected chi connectivity index (χ4v) is 2.29. The van der Waals surface area contributed by atoms with Crippen LogP contribution in [0.4, 0.5) is 5.00 Å². The molecular formula is C11H18N2O2S2. The first-order valence-electron chi connectivity index (χ1n) is 5.50. The predicted molar refractivity (Wildman–Crippen MR) is 74.3 cm³/mol. The fourth-order valence-electron chi connectivity index (χ4n) is 1.25. The van der Waals surface area contributed by atoms with Crippen LogP contribution in [0.3, 0.4) is 0 Å². The van der Waals surface area contributed by atoms with Gasteiger partial charge in [0.05, 0.1) is 12.3 Å². The predicted octanol–water partition coefficient (Wildman–Crippen LogP) is 2.79. The topological polar surface area (TPSA) is 51.2 Å². The lowest BCUT2D eigenvalue weighted by molar-refractivity contribution is 0.0527. The minimum Gasteiger partial charge on any atom is -0.462 e. The molecule has 1 atom stereocenters. The summed E-state index contributed by atoms with van der Waals surface area (Å²) in [5, 5.41) is 4.56. The molecule has 0 aliphatic heterocycles. The fraction of sp³-hybridized carbons (Fsp3) is 0.636. The first kappa shape index (κ1) is 14.3. The number of carbonyl (C=O) groups excluding carboxylic acids is 1. The van der Waals surface area contributed by atoms with E-state index in [1.165, 1.54) is 11.5 Å². The highest BCUT2D eigenvalue weighted by atomic mass is 32.2. The summed E-state index contributed by atoms with van der Waals surface area (Å²) in [6.07, 6.45) is 2.07. The summed E-state index contributed by atoms with van der Waals surface area (Å²) in [4.78, 5) is 11.8. The van der Waals surface area contributed by atoms with Crippen molar-refractivity contribution in [2.75, 3.05) is 24.7 Å². The van der Waals surface area contributed by atoms with Crippen LogP contribution < -0.4 is 5.32 Å². The molecule has 1 aromatic heterocycles. The number of esters is 1. The van der Waals surface area contributed by atoms with Crippen LogP contribution in [0, 0.1) is 6.92 Å². The summed E-state index contributed by atoms with van der Waals surface area (Å²) in [7, 11) is 0. The van der Waals surface area contributed by atoms with Crippen LogP contribution in [-0.2, 0) is 4.74 Å². The molecule has 17 heavy (non-hydrogen) atoms. The molecule has 0 saturated heterocycles. The van der Waals surface area contributed by atoms with Crippen molar-refractivity contribution in [3.05, 3.63) is 11.3 Å². The van der Waals surface area contributed by atoms with E-state index in [9.17, 15) is 4.79 Å². The molecule has 6 heteroatoms. The Kier molecular flexibility index (Phi) is 5.77. The third kappa shape index (κ3) is 3.89. The van der Waals surface area contributed by atoms with E-state index in [0.717, 1.165) is 17.2 Å². The third-order valence-corrected chi connectivity index (χ3v) is 4.16. The van der Waals surface area contributed by atoms with Crippen molar-refractivity contribution in [2.24, 2.45) is 0 Å². The zero-order valence-electron chi connectivity index (χ0n) is 10.6. The quantitative estimate of drug-likeness (QED) is 0.808. The van der Waals surface area contributed by atoms with E-state index in [-0.39, 0.29) is 5.97 Å². The minimum atomic E-state index is -0.293. The molecule has 1 aromatic rings. The Morgan fingerprint density at radius 3 is 2.94 bits per heavy atom. The second-order valence-corrected chi connectivity index (χ2v) is 5.67. The summed E-state index contributed by atoms with van der Waals surface area (Å²) >= 11 is 3.09. The number of hydrogen-bond acceptors (Lipinski definition) is 6. The van der Waals surface area contributed by atoms with Crippen molar-refractivity contribution in [3.63, 3.8) is 0 Å². The van der Waals surface area contributed by atoms with E-state index < -0.39 is 0 Å². The highest BCUT2D eigenvalue weighted by Gasteiger charge is 2.19. The maximum Gasteiger partial charge on any atom is 0.343 e. The average Bonchev–Trinajstić information content (AvgIpc) is 2.67. The van der Waals surface area contributed by atoms with Crippen molar-refractivity contribution in [3.8, 4) is 0 Å². The Morgan fingerprint density at radius 2 is 2.35 bits per heavy atom. The zero-order valence-corrected chi connectivity index (χ0v) is 12.2. The molecule has 96 valence electrons. The van der Waals surface area contributed by atoms with Crippen LogP contribution in [0.2, 0.25) is 0 Å². The SMILES string of the molecule is CCOC(=O)c1c(C)nsc1NCC(C)SC. The van der Waals surface area contributed by atoms with E-state index in [2.05, 4.69) is 22.9 Å². The van der Waals surface area contributed by atoms with Gasteiger partial charge in [-0.2, -0.15) is 16.1 Å². The number of aromatic nitrogens is 1. The Morgan fingerprint density at radius 1 is 1.65 bits per heavy atom. The van der Waals surface area contributed by atoms with Crippen LogP contribution >= 0.6 is 23.3 Å². The van der Waals surface area contributed by atoms with Crippen molar-refractivity contribution >= 4 is 34.3 Å². The van der Waals surface area contributed by atoms with Crippen molar-refractivity contribution < 1.29 is 9.53 Å². The van der Waals surface area contributed by atoms with Crippen LogP contribution in [0.15, 0.2) is 0 Å². The first-order chi connectivity index (χ1) is 8.10. The summed E-state index contributed by atoms with van der Waals surface area (Å²) in [5.74, 6) is -0.293. The molecule has 0 spiro atoms. The van der Waals surface area contributed by atoms with Crippen LogP contribution in [0.25, 0.3) is 0 Å². The van der Waals surface area contributed by atoms with E-state index in [1.54, 1.807) is 18.7 Å². The maximum absolute atomic E-state index is 11.8. The summed E-state index contributed by atoms with van der Waals surface area (Å²) in [6, 6.07) is 0. The first-order valence-corrected chi connectivity index (χ1v) is 7.56. The van der Waals surface area contributed by atoms with E-state index >= 15 is 0 Å². The molecule has 0 radical (unpaired) electrons. The molecule has 0 amide bonds. The highest BCUT2D eigenvalue weighted by Crippen LogP contribution is 2.25. The normalized spacial score (nSPS) is 12.2. The van der Waals surface area contributed by atoms with Crippen LogP contribution in [-0.4, -0.2) is 35.0 Å². The van der Waals surface area contributed by atoms with Gasteiger partial charge in [0.25, 0.3) is 0 Å². The van der Waals surface area contributed by atoms with Gasteiger partial charge < -0.3 is 10.1 Å². The maximum atomic E-state index is 11.8. The van der Waals surface area contributed by atoms with Crippen molar-refractivity contribution in [1.29, 1.82) is 0 Å². The zero-order chi connectivity index (χ0) is 12.8. The van der Waals surface area contributed by atoms with E-state index in [1.807, 2.05) is 6.92 Å². The lowest BCUT2D eigenvalue weighted by atomic mass is 10.2. The second-order valence-electron chi connectivity index (χ2n) is 3.62. The monoisotopic (exact) mass is 274 g/mol. The van der Waals surface area contributed by atoms with E-state index in [0.29, 0.717) is 17.4 Å². The largest absolute Gasteiger partial charge is 0.462 e. The number of carbonyl (C=O) groups is 1. The average molecular weight is 274 g/mol. The number of nitrogens with zero attached hydrogens (tertiary/aromatic N) is 1. The summed E-state index contributed by atoms with van der Waals surface area (Å²) in [6.45, 7) is 6.96. The van der Waals surface area contributed by atoms with Crippen molar-refractivity contribution in [1.82, 2.24) is 4.37 Å². The summed E-state index contributed by atoms with van der Waals surface area (Å²) in [5.41, 5.74) is 1.30. The van der Waals surface area contributed by atoms with Crippen LogP contribution in [0.5, 0.6) is 0 Å². The van der Waals surface area contributed by atoms with Gasteiger partial charge in [0.2, 0.25) is 0 Å². The molecule has 0 aliphatic rings. The third-order valence-electron chi connectivity index (χ3n) is 2.29. The number of anilines is 1. The van der Waals surface area contributed by atoms with Crippen LogP contribution in [0.1, 0.15) is 29.9 Å². The van der Waals surface area contributed by atoms with Gasteiger partial charge in [-0.1, -0.05) is 6.92 Å². The molecule has 1 unspecified atom stereocenters. The van der Waals surface area contributed by atoms with Crippen molar-refractivity contribution in [2.45, 2.75) is 26.0 Å². The Balaban J connectivity index is 2.75. The van der Waals surface area contributed by atoms with Gasteiger partial charge in [-0.05, 0) is 31.6 Å². The molecule has 0 bridgehead atoms. The smallest absolute Gasteiger partial charge is 0.343 e. The molecule has 4 nitrogen and oxygen atoms in total. The van der Waals surface area contributed by atoms with Gasteiger partial charge >= 0.3 is 5.97 Å². The molecule has 1 N–H and O–H groups in total. The minimum absolute atomic E-state index is 0.293. The number of hydrogen-bond donors (Lipinski definition) is 1. The number of rotatable bonds is 6. The van der Waals surface area contributed by atoms with Gasteiger partial charge in [-0.25, -0.2) is 4.79 Å². The number of ether oxygens (including phenoxy) is 1. The molecule has 0 aromatic carbocycles. The highest BCUT2D eigenvalue weighted by molar-refractivity contribution is 7.99. The lowest BCUT2D eigenvalue weighted by Gasteiger charge is -2.10. The molecule has 1 rings (SSSR count). The molecule has 0 fully saturated rings. The van der Waals surface area contributed by atoms with Gasteiger partial charge in [-0.15, -0.1) is 0 Å². The molecule has 0 aliphatic carbocycles. The molecule has 0 saturated carbocycles. The van der Waals surface area contributed by atoms with Gasteiger partial charge in [-0.3, -0.25) is 0 Å². The molecular weight excluding hydrogens is 256 g/mol. The second kappa shape index (κ2) is 6.86. The Bertz CT molecular complexity index is 380. The number of aryl methyl sites for hydroxylation is 1. The number of thioether (sulfide) groups is 1. The Labute approximate surface area is 110 Å².